The van der Waals surface area contributed by atoms with Crippen LogP contribution in [0.5, 0.6) is 0 Å². The number of nitrogens with zero attached hydrogens (tertiary/aromatic N) is 1. The van der Waals surface area contributed by atoms with Gasteiger partial charge in [-0.1, -0.05) is 58.0 Å². The topological polar surface area (TPSA) is 46.3 Å². The number of benzene rings is 1. The normalized spacial score (nSPS) is 13.1. The minimum absolute atomic E-state index is 0.0821. The molecule has 0 bridgehead atoms. The van der Waals surface area contributed by atoms with E-state index in [2.05, 4.69) is 32.9 Å². The first-order chi connectivity index (χ1) is 8.83. The molecule has 0 saturated carbocycles. The Labute approximate surface area is 116 Å². The van der Waals surface area contributed by atoms with Crippen LogP contribution in [0.3, 0.4) is 0 Å². The van der Waals surface area contributed by atoms with Crippen LogP contribution in [-0.4, -0.2) is 23.9 Å². The zero-order chi connectivity index (χ0) is 14.5. The molecule has 0 aromatic heterocycles. The number of rotatable bonds is 5. The Kier molecular flexibility index (Phi) is 5.55. The Bertz CT molecular complexity index is 395. The van der Waals surface area contributed by atoms with Crippen molar-refractivity contribution in [2.24, 2.45) is 17.1 Å². The van der Waals surface area contributed by atoms with Crippen molar-refractivity contribution in [3.05, 3.63) is 35.9 Å². The Hall–Kier alpha value is -1.35. The molecule has 1 aromatic carbocycles. The fourth-order valence-electron chi connectivity index (χ4n) is 2.00. The monoisotopic (exact) mass is 262 g/mol. The van der Waals surface area contributed by atoms with Crippen LogP contribution in [0.25, 0.3) is 0 Å². The van der Waals surface area contributed by atoms with Gasteiger partial charge < -0.3 is 10.6 Å². The number of carbonyl (C=O) groups is 1. The first-order valence-electron chi connectivity index (χ1n) is 6.86. The van der Waals surface area contributed by atoms with E-state index >= 15 is 0 Å². The van der Waals surface area contributed by atoms with Crippen molar-refractivity contribution in [1.82, 2.24) is 4.90 Å². The first-order valence-corrected chi connectivity index (χ1v) is 6.86. The molecule has 0 spiro atoms. The Balaban J connectivity index is 2.83. The highest BCUT2D eigenvalue weighted by molar-refractivity contribution is 5.78. The summed E-state index contributed by atoms with van der Waals surface area (Å²) in [5.41, 5.74) is 6.86. The molecule has 1 amide bonds. The fourth-order valence-corrected chi connectivity index (χ4v) is 2.00. The molecule has 0 aliphatic rings. The summed E-state index contributed by atoms with van der Waals surface area (Å²) >= 11 is 0. The minimum atomic E-state index is -0.119. The van der Waals surface area contributed by atoms with Crippen molar-refractivity contribution in [2.75, 3.05) is 13.1 Å². The molecule has 1 aromatic rings. The predicted octanol–water partition coefficient (Wildman–Crippen LogP) is 2.66. The minimum Gasteiger partial charge on any atom is -0.338 e. The van der Waals surface area contributed by atoms with Gasteiger partial charge in [-0.3, -0.25) is 4.79 Å². The van der Waals surface area contributed by atoms with Gasteiger partial charge in [-0.05, 0) is 11.0 Å². The average Bonchev–Trinajstić information content (AvgIpc) is 2.36. The van der Waals surface area contributed by atoms with Crippen LogP contribution in [0, 0.1) is 11.3 Å². The largest absolute Gasteiger partial charge is 0.338 e. The molecule has 0 radical (unpaired) electrons. The molecule has 0 aliphatic heterocycles. The zero-order valence-electron chi connectivity index (χ0n) is 12.5. The van der Waals surface area contributed by atoms with Crippen LogP contribution < -0.4 is 5.73 Å². The number of hydrogen-bond donors (Lipinski definition) is 1. The van der Waals surface area contributed by atoms with Gasteiger partial charge in [0.15, 0.2) is 0 Å². The fraction of sp³-hybridized carbons (Fsp3) is 0.562. The molecule has 0 heterocycles. The van der Waals surface area contributed by atoms with Crippen LogP contribution >= 0.6 is 0 Å². The molecule has 1 unspecified atom stereocenters. The lowest BCUT2D eigenvalue weighted by atomic mass is 9.95. The van der Waals surface area contributed by atoms with Crippen molar-refractivity contribution in [3.63, 3.8) is 0 Å². The SMILES string of the molecule is CC(CN)C(=O)N(Cc1ccccc1)CC(C)(C)C. The number of hydrogen-bond acceptors (Lipinski definition) is 2. The van der Waals surface area contributed by atoms with Crippen molar-refractivity contribution in [2.45, 2.75) is 34.2 Å². The van der Waals surface area contributed by atoms with E-state index in [1.54, 1.807) is 0 Å². The van der Waals surface area contributed by atoms with Crippen LogP contribution in [-0.2, 0) is 11.3 Å². The Morgan fingerprint density at radius 2 is 1.84 bits per heavy atom. The maximum absolute atomic E-state index is 12.4. The van der Waals surface area contributed by atoms with E-state index in [4.69, 9.17) is 5.73 Å². The quantitative estimate of drug-likeness (QED) is 0.886. The van der Waals surface area contributed by atoms with Gasteiger partial charge in [-0.2, -0.15) is 0 Å². The van der Waals surface area contributed by atoms with Crippen molar-refractivity contribution in [1.29, 1.82) is 0 Å². The molecule has 0 saturated heterocycles. The molecule has 1 atom stereocenters. The number of nitrogens with two attached hydrogens (primary N) is 1. The maximum atomic E-state index is 12.4. The van der Waals surface area contributed by atoms with Gasteiger partial charge in [-0.25, -0.2) is 0 Å². The lowest BCUT2D eigenvalue weighted by Crippen LogP contribution is -2.41. The average molecular weight is 262 g/mol. The van der Waals surface area contributed by atoms with Crippen LogP contribution in [0.2, 0.25) is 0 Å². The first kappa shape index (κ1) is 15.7. The lowest BCUT2D eigenvalue weighted by molar-refractivity contribution is -0.136. The van der Waals surface area contributed by atoms with Gasteiger partial charge in [-0.15, -0.1) is 0 Å². The third kappa shape index (κ3) is 5.43. The molecular formula is C16H26N2O. The Morgan fingerprint density at radius 1 is 1.26 bits per heavy atom. The van der Waals surface area contributed by atoms with Gasteiger partial charge in [0.05, 0.1) is 0 Å². The smallest absolute Gasteiger partial charge is 0.226 e. The summed E-state index contributed by atoms with van der Waals surface area (Å²) in [4.78, 5) is 14.3. The predicted molar refractivity (Wildman–Crippen MR) is 79.5 cm³/mol. The molecule has 19 heavy (non-hydrogen) atoms. The summed E-state index contributed by atoms with van der Waals surface area (Å²) in [6.45, 7) is 10.1. The van der Waals surface area contributed by atoms with Gasteiger partial charge >= 0.3 is 0 Å². The number of carbonyl (C=O) groups excluding carboxylic acids is 1. The van der Waals surface area contributed by atoms with Crippen molar-refractivity contribution >= 4 is 5.91 Å². The van der Waals surface area contributed by atoms with Gasteiger partial charge in [0.25, 0.3) is 0 Å². The lowest BCUT2D eigenvalue weighted by Gasteiger charge is -2.32. The molecule has 106 valence electrons. The van der Waals surface area contributed by atoms with E-state index < -0.39 is 0 Å². The molecule has 0 fully saturated rings. The second-order valence-corrected chi connectivity index (χ2v) is 6.38. The molecule has 3 heteroatoms. The van der Waals surface area contributed by atoms with E-state index in [1.165, 1.54) is 0 Å². The third-order valence-electron chi connectivity index (χ3n) is 2.97. The highest BCUT2D eigenvalue weighted by Gasteiger charge is 2.24. The summed E-state index contributed by atoms with van der Waals surface area (Å²) in [5.74, 6) is 0.0207. The summed E-state index contributed by atoms with van der Waals surface area (Å²) in [5, 5.41) is 0. The summed E-state index contributed by atoms with van der Waals surface area (Å²) in [6, 6.07) is 10.1. The van der Waals surface area contributed by atoms with Crippen LogP contribution in [0.1, 0.15) is 33.3 Å². The van der Waals surface area contributed by atoms with Crippen molar-refractivity contribution < 1.29 is 4.79 Å². The maximum Gasteiger partial charge on any atom is 0.226 e. The van der Waals surface area contributed by atoms with E-state index in [-0.39, 0.29) is 17.2 Å². The third-order valence-corrected chi connectivity index (χ3v) is 2.97. The van der Waals surface area contributed by atoms with E-state index in [1.807, 2.05) is 30.0 Å². The molecule has 3 nitrogen and oxygen atoms in total. The van der Waals surface area contributed by atoms with Gasteiger partial charge in [0.1, 0.15) is 0 Å². The van der Waals surface area contributed by atoms with Crippen LogP contribution in [0.15, 0.2) is 30.3 Å². The summed E-state index contributed by atoms with van der Waals surface area (Å²) < 4.78 is 0. The molecular weight excluding hydrogens is 236 g/mol. The van der Waals surface area contributed by atoms with Gasteiger partial charge in [0.2, 0.25) is 5.91 Å². The highest BCUT2D eigenvalue weighted by atomic mass is 16.2. The molecule has 2 N–H and O–H groups in total. The molecule has 0 aliphatic carbocycles. The summed E-state index contributed by atoms with van der Waals surface area (Å²) in [7, 11) is 0. The zero-order valence-corrected chi connectivity index (χ0v) is 12.5. The van der Waals surface area contributed by atoms with E-state index in [9.17, 15) is 4.79 Å². The highest BCUT2D eigenvalue weighted by Crippen LogP contribution is 2.19. The van der Waals surface area contributed by atoms with Gasteiger partial charge in [0, 0.05) is 25.6 Å². The summed E-state index contributed by atoms with van der Waals surface area (Å²) in [6.07, 6.45) is 0. The molecule has 1 rings (SSSR count). The van der Waals surface area contributed by atoms with Crippen molar-refractivity contribution in [3.8, 4) is 0 Å². The standard InChI is InChI=1S/C16H26N2O/c1-13(10-17)15(19)18(12-16(2,3)4)11-14-8-6-5-7-9-14/h5-9,13H,10-12,17H2,1-4H3. The van der Waals surface area contributed by atoms with Crippen LogP contribution in [0.4, 0.5) is 0 Å². The van der Waals surface area contributed by atoms with E-state index in [0.717, 1.165) is 12.1 Å². The second-order valence-electron chi connectivity index (χ2n) is 6.38. The van der Waals surface area contributed by atoms with E-state index in [0.29, 0.717) is 13.1 Å². The number of amides is 1. The Morgan fingerprint density at radius 3 is 2.32 bits per heavy atom. The second kappa shape index (κ2) is 6.71.